The standard InChI is InChI=1S/C23H25N3O4/c1-29-17-10-6-7-15(13-17)14-24-23(28)26-21-20(25-16-8-2-3-9-16)18-11-4-5-12-19(18)30-22(21)27/h4-7,10-13,16,25H,2-3,8-9,14H2,1H3,(H2,24,26,28). The number of rotatable bonds is 6. The lowest BCUT2D eigenvalue weighted by Gasteiger charge is -2.18. The fraction of sp³-hybridized carbons (Fsp3) is 0.304. The summed E-state index contributed by atoms with van der Waals surface area (Å²) in [5.74, 6) is 0.716. The van der Waals surface area contributed by atoms with Crippen LogP contribution >= 0.6 is 0 Å². The second kappa shape index (κ2) is 8.90. The van der Waals surface area contributed by atoms with Gasteiger partial charge < -0.3 is 19.8 Å². The summed E-state index contributed by atoms with van der Waals surface area (Å²) in [6.07, 6.45) is 4.38. The molecule has 156 valence electrons. The Labute approximate surface area is 174 Å². The maximum atomic E-state index is 12.7. The molecule has 0 unspecified atom stereocenters. The van der Waals surface area contributed by atoms with Gasteiger partial charge in [-0.3, -0.25) is 5.32 Å². The molecule has 0 spiro atoms. The van der Waals surface area contributed by atoms with Gasteiger partial charge in [0.2, 0.25) is 0 Å². The Morgan fingerprint density at radius 2 is 1.90 bits per heavy atom. The minimum atomic E-state index is -0.578. The summed E-state index contributed by atoms with van der Waals surface area (Å²) in [5, 5.41) is 9.71. The molecule has 7 heteroatoms. The van der Waals surface area contributed by atoms with E-state index < -0.39 is 11.7 Å². The van der Waals surface area contributed by atoms with Crippen LogP contribution < -0.4 is 26.3 Å². The average Bonchev–Trinajstić information content (AvgIpc) is 3.28. The zero-order chi connectivity index (χ0) is 20.9. The first kappa shape index (κ1) is 19.8. The number of para-hydroxylation sites is 1. The number of amides is 2. The van der Waals surface area contributed by atoms with Crippen LogP contribution in [0.2, 0.25) is 0 Å². The third kappa shape index (κ3) is 4.40. The molecule has 4 rings (SSSR count). The molecule has 2 aromatic carbocycles. The van der Waals surface area contributed by atoms with Crippen molar-refractivity contribution in [3.05, 3.63) is 64.5 Å². The van der Waals surface area contributed by atoms with Crippen LogP contribution in [0.5, 0.6) is 5.75 Å². The highest BCUT2D eigenvalue weighted by atomic mass is 16.5. The van der Waals surface area contributed by atoms with Gasteiger partial charge in [0.1, 0.15) is 11.3 Å². The van der Waals surface area contributed by atoms with E-state index in [1.54, 1.807) is 13.2 Å². The summed E-state index contributed by atoms with van der Waals surface area (Å²) < 4.78 is 10.6. The van der Waals surface area contributed by atoms with Gasteiger partial charge in [0, 0.05) is 18.0 Å². The van der Waals surface area contributed by atoms with Crippen LogP contribution in [-0.4, -0.2) is 19.2 Å². The fourth-order valence-corrected chi connectivity index (χ4v) is 3.81. The fourth-order valence-electron chi connectivity index (χ4n) is 3.81. The molecule has 0 atom stereocenters. The topological polar surface area (TPSA) is 92.6 Å². The Kier molecular flexibility index (Phi) is 5.88. The third-order valence-electron chi connectivity index (χ3n) is 5.34. The SMILES string of the molecule is COc1cccc(CNC(=O)Nc2c(NC3CCCC3)c3ccccc3oc2=O)c1. The van der Waals surface area contributed by atoms with E-state index in [0.29, 0.717) is 23.6 Å². The zero-order valence-corrected chi connectivity index (χ0v) is 16.9. The second-order valence-corrected chi connectivity index (χ2v) is 7.42. The average molecular weight is 407 g/mol. The number of carbonyl (C=O) groups is 1. The Hall–Kier alpha value is -3.48. The van der Waals surface area contributed by atoms with Crippen molar-refractivity contribution in [2.75, 3.05) is 17.7 Å². The van der Waals surface area contributed by atoms with Crippen LogP contribution in [0.1, 0.15) is 31.2 Å². The van der Waals surface area contributed by atoms with Crippen molar-refractivity contribution in [3.8, 4) is 5.75 Å². The number of benzene rings is 2. The van der Waals surface area contributed by atoms with Gasteiger partial charge in [0.15, 0.2) is 5.69 Å². The molecule has 1 saturated carbocycles. The molecule has 30 heavy (non-hydrogen) atoms. The Balaban J connectivity index is 1.56. The summed E-state index contributed by atoms with van der Waals surface area (Å²) >= 11 is 0. The maximum Gasteiger partial charge on any atom is 0.362 e. The number of ether oxygens (including phenoxy) is 1. The molecule has 3 aromatic rings. The van der Waals surface area contributed by atoms with E-state index in [9.17, 15) is 9.59 Å². The molecule has 1 fully saturated rings. The Morgan fingerprint density at radius 3 is 2.70 bits per heavy atom. The van der Waals surface area contributed by atoms with E-state index in [2.05, 4.69) is 16.0 Å². The lowest BCUT2D eigenvalue weighted by Crippen LogP contribution is -2.31. The smallest absolute Gasteiger partial charge is 0.362 e. The first-order valence-electron chi connectivity index (χ1n) is 10.1. The molecule has 1 aromatic heterocycles. The van der Waals surface area contributed by atoms with Crippen molar-refractivity contribution >= 4 is 28.4 Å². The van der Waals surface area contributed by atoms with Crippen LogP contribution in [0.25, 0.3) is 11.0 Å². The van der Waals surface area contributed by atoms with Gasteiger partial charge in [-0.1, -0.05) is 37.1 Å². The number of nitrogens with one attached hydrogen (secondary N) is 3. The quantitative estimate of drug-likeness (QED) is 0.524. The highest BCUT2D eigenvalue weighted by Crippen LogP contribution is 2.32. The van der Waals surface area contributed by atoms with Gasteiger partial charge in [0.05, 0.1) is 12.8 Å². The van der Waals surface area contributed by atoms with Crippen LogP contribution in [0.4, 0.5) is 16.2 Å². The van der Waals surface area contributed by atoms with Crippen LogP contribution in [-0.2, 0) is 6.54 Å². The molecular weight excluding hydrogens is 382 g/mol. The molecule has 2 amide bonds. The lowest BCUT2D eigenvalue weighted by molar-refractivity contribution is 0.251. The van der Waals surface area contributed by atoms with Crippen LogP contribution in [0.3, 0.4) is 0 Å². The van der Waals surface area contributed by atoms with Gasteiger partial charge >= 0.3 is 11.7 Å². The summed E-state index contributed by atoms with van der Waals surface area (Å²) in [6, 6.07) is 14.6. The van der Waals surface area contributed by atoms with Gasteiger partial charge in [0.25, 0.3) is 0 Å². The number of hydrogen-bond acceptors (Lipinski definition) is 5. The number of methoxy groups -OCH3 is 1. The predicted molar refractivity (Wildman–Crippen MR) is 117 cm³/mol. The van der Waals surface area contributed by atoms with E-state index in [1.165, 1.54) is 0 Å². The molecule has 3 N–H and O–H groups in total. The van der Waals surface area contributed by atoms with Gasteiger partial charge in [-0.15, -0.1) is 0 Å². The summed E-state index contributed by atoms with van der Waals surface area (Å²) in [6.45, 7) is 0.299. The zero-order valence-electron chi connectivity index (χ0n) is 16.9. The van der Waals surface area contributed by atoms with E-state index in [4.69, 9.17) is 9.15 Å². The molecule has 1 aliphatic rings. The molecule has 0 radical (unpaired) electrons. The Morgan fingerprint density at radius 1 is 1.10 bits per heavy atom. The minimum absolute atomic E-state index is 0.128. The maximum absolute atomic E-state index is 12.7. The molecular formula is C23H25N3O4. The summed E-state index contributed by atoms with van der Waals surface area (Å²) in [7, 11) is 1.59. The summed E-state index contributed by atoms with van der Waals surface area (Å²) in [4.78, 5) is 25.2. The normalized spacial score (nSPS) is 13.9. The molecule has 0 saturated heterocycles. The van der Waals surface area contributed by atoms with Gasteiger partial charge in [-0.2, -0.15) is 0 Å². The minimum Gasteiger partial charge on any atom is -0.497 e. The molecule has 1 aliphatic carbocycles. The van der Waals surface area contributed by atoms with Crippen molar-refractivity contribution in [2.45, 2.75) is 38.3 Å². The number of carbonyl (C=O) groups excluding carboxylic acids is 1. The van der Waals surface area contributed by atoms with Crippen molar-refractivity contribution in [2.24, 2.45) is 0 Å². The van der Waals surface area contributed by atoms with E-state index in [1.807, 2.05) is 42.5 Å². The highest BCUT2D eigenvalue weighted by molar-refractivity contribution is 6.01. The van der Waals surface area contributed by atoms with Crippen molar-refractivity contribution < 1.29 is 13.9 Å². The van der Waals surface area contributed by atoms with Crippen LogP contribution in [0, 0.1) is 0 Å². The summed E-state index contributed by atoms with van der Waals surface area (Å²) in [5.41, 5.74) is 1.55. The first-order valence-corrected chi connectivity index (χ1v) is 10.1. The monoisotopic (exact) mass is 407 g/mol. The highest BCUT2D eigenvalue weighted by Gasteiger charge is 2.21. The van der Waals surface area contributed by atoms with Crippen LogP contribution in [0.15, 0.2) is 57.7 Å². The molecule has 0 aliphatic heterocycles. The third-order valence-corrected chi connectivity index (χ3v) is 5.34. The molecule has 7 nitrogen and oxygen atoms in total. The Bertz CT molecular complexity index is 1100. The van der Waals surface area contributed by atoms with E-state index >= 15 is 0 Å². The lowest BCUT2D eigenvalue weighted by atomic mass is 10.1. The van der Waals surface area contributed by atoms with Gasteiger partial charge in [-0.05, 0) is 42.7 Å². The largest absolute Gasteiger partial charge is 0.497 e. The number of fused-ring (bicyclic) bond motifs is 1. The van der Waals surface area contributed by atoms with E-state index in [-0.39, 0.29) is 11.7 Å². The van der Waals surface area contributed by atoms with Crippen molar-refractivity contribution in [1.82, 2.24) is 5.32 Å². The molecule has 1 heterocycles. The second-order valence-electron chi connectivity index (χ2n) is 7.42. The van der Waals surface area contributed by atoms with Gasteiger partial charge in [-0.25, -0.2) is 9.59 Å². The predicted octanol–water partition coefficient (Wildman–Crippen LogP) is 4.48. The van der Waals surface area contributed by atoms with E-state index in [0.717, 1.165) is 36.6 Å². The van der Waals surface area contributed by atoms with Crippen molar-refractivity contribution in [1.29, 1.82) is 0 Å². The number of urea groups is 1. The number of anilines is 2. The first-order chi connectivity index (χ1) is 14.6. The number of hydrogen-bond donors (Lipinski definition) is 3. The molecule has 0 bridgehead atoms. The van der Waals surface area contributed by atoms with Crippen molar-refractivity contribution in [3.63, 3.8) is 0 Å².